The van der Waals surface area contributed by atoms with Crippen LogP contribution in [0.2, 0.25) is 0 Å². The van der Waals surface area contributed by atoms with E-state index in [2.05, 4.69) is 29.4 Å². The van der Waals surface area contributed by atoms with E-state index in [-0.39, 0.29) is 28.7 Å². The van der Waals surface area contributed by atoms with E-state index in [0.29, 0.717) is 5.92 Å². The lowest BCUT2D eigenvalue weighted by Crippen LogP contribution is -2.41. The van der Waals surface area contributed by atoms with Crippen molar-refractivity contribution in [2.45, 2.75) is 37.9 Å². The lowest BCUT2D eigenvalue weighted by Gasteiger charge is -2.22. The minimum absolute atomic E-state index is 0. The molecule has 2 heterocycles. The van der Waals surface area contributed by atoms with Crippen molar-refractivity contribution in [2.24, 2.45) is 10.9 Å². The first-order valence-corrected chi connectivity index (χ1v) is 10.8. The maximum absolute atomic E-state index is 13.5. The Kier molecular flexibility index (Phi) is 9.11. The number of thioether (sulfide) groups is 1. The van der Waals surface area contributed by atoms with Gasteiger partial charge in [0.15, 0.2) is 17.6 Å². The summed E-state index contributed by atoms with van der Waals surface area (Å²) in [5.74, 6) is 0.985. The van der Waals surface area contributed by atoms with E-state index in [4.69, 9.17) is 4.99 Å². The Balaban J connectivity index is 0.00000280. The zero-order valence-corrected chi connectivity index (χ0v) is 19.8. The molecule has 2 aliphatic rings. The number of hydrogen-bond acceptors (Lipinski definition) is 3. The zero-order valence-electron chi connectivity index (χ0n) is 16.6. The van der Waals surface area contributed by atoms with Crippen LogP contribution < -0.4 is 15.5 Å². The van der Waals surface area contributed by atoms with Gasteiger partial charge in [0.25, 0.3) is 0 Å². The lowest BCUT2D eigenvalue weighted by atomic mass is 10.1. The molecular formula is C20H31F2IN4S. The molecule has 8 heteroatoms. The molecule has 4 nitrogen and oxygen atoms in total. The average molecular weight is 524 g/mol. The van der Waals surface area contributed by atoms with Gasteiger partial charge in [-0.2, -0.15) is 11.8 Å². The molecule has 0 bridgehead atoms. The molecular weight excluding hydrogens is 493 g/mol. The predicted octanol–water partition coefficient (Wildman–Crippen LogP) is 4.25. The first-order valence-electron chi connectivity index (χ1n) is 9.85. The fraction of sp³-hybridized carbons (Fsp3) is 0.650. The molecule has 1 aromatic rings. The second-order valence-corrected chi connectivity index (χ2v) is 9.36. The number of nitrogens with zero attached hydrogens (tertiary/aromatic N) is 2. The van der Waals surface area contributed by atoms with E-state index >= 15 is 0 Å². The van der Waals surface area contributed by atoms with Crippen LogP contribution in [0.1, 0.15) is 33.1 Å². The highest BCUT2D eigenvalue weighted by molar-refractivity contribution is 14.0. The van der Waals surface area contributed by atoms with E-state index in [1.165, 1.54) is 30.7 Å². The van der Waals surface area contributed by atoms with E-state index in [1.807, 2.05) is 11.8 Å². The Bertz CT molecular complexity index is 668. The number of anilines is 1. The molecule has 2 atom stereocenters. The van der Waals surface area contributed by atoms with E-state index in [0.717, 1.165) is 50.8 Å². The highest BCUT2D eigenvalue weighted by Gasteiger charge is 2.29. The smallest absolute Gasteiger partial charge is 0.191 e. The van der Waals surface area contributed by atoms with Crippen molar-refractivity contribution in [3.8, 4) is 0 Å². The average Bonchev–Trinajstić information content (AvgIpc) is 3.29. The van der Waals surface area contributed by atoms with Gasteiger partial charge >= 0.3 is 0 Å². The van der Waals surface area contributed by atoms with Crippen molar-refractivity contribution < 1.29 is 8.78 Å². The molecule has 0 spiro atoms. The van der Waals surface area contributed by atoms with Crippen molar-refractivity contribution in [1.29, 1.82) is 0 Å². The summed E-state index contributed by atoms with van der Waals surface area (Å²) in [4.78, 5) is 6.92. The van der Waals surface area contributed by atoms with Crippen LogP contribution in [0.3, 0.4) is 0 Å². The van der Waals surface area contributed by atoms with Gasteiger partial charge in [-0.3, -0.25) is 4.99 Å². The van der Waals surface area contributed by atoms with Gasteiger partial charge in [0.2, 0.25) is 0 Å². The molecule has 1 aromatic carbocycles. The second-order valence-electron chi connectivity index (χ2n) is 7.68. The van der Waals surface area contributed by atoms with Gasteiger partial charge < -0.3 is 15.5 Å². The molecule has 0 aliphatic carbocycles. The Morgan fingerprint density at radius 2 is 2.14 bits per heavy atom. The van der Waals surface area contributed by atoms with Gasteiger partial charge in [-0.1, -0.05) is 0 Å². The van der Waals surface area contributed by atoms with E-state index in [1.54, 1.807) is 6.07 Å². The topological polar surface area (TPSA) is 39.7 Å². The Morgan fingerprint density at radius 3 is 2.82 bits per heavy atom. The number of halogens is 3. The Morgan fingerprint density at radius 1 is 1.32 bits per heavy atom. The molecule has 2 saturated heterocycles. The third-order valence-corrected chi connectivity index (χ3v) is 6.85. The summed E-state index contributed by atoms with van der Waals surface area (Å²) in [6, 6.07) is 4.14. The minimum Gasteiger partial charge on any atom is -0.371 e. The van der Waals surface area contributed by atoms with E-state index in [9.17, 15) is 8.78 Å². The normalized spacial score (nSPS) is 24.9. The SMILES string of the molecule is CCNC(=NCC1(C)CCCS1)NCC1CCN(c2ccc(F)c(F)c2)C1.I. The third-order valence-electron chi connectivity index (χ3n) is 5.33. The summed E-state index contributed by atoms with van der Waals surface area (Å²) >= 11 is 2.02. The Labute approximate surface area is 188 Å². The van der Waals surface area contributed by atoms with Gasteiger partial charge in [-0.25, -0.2) is 8.78 Å². The van der Waals surface area contributed by atoms with Gasteiger partial charge in [-0.15, -0.1) is 24.0 Å². The number of benzene rings is 1. The molecule has 28 heavy (non-hydrogen) atoms. The quantitative estimate of drug-likeness (QED) is 0.332. The van der Waals surface area contributed by atoms with Crippen molar-refractivity contribution in [3.05, 3.63) is 29.8 Å². The summed E-state index contributed by atoms with van der Waals surface area (Å²) in [5, 5.41) is 6.79. The molecule has 2 aliphatic heterocycles. The lowest BCUT2D eigenvalue weighted by molar-refractivity contribution is 0.508. The highest BCUT2D eigenvalue weighted by atomic mass is 127. The van der Waals surface area contributed by atoms with Gasteiger partial charge in [0.1, 0.15) is 0 Å². The maximum Gasteiger partial charge on any atom is 0.191 e. The van der Waals surface area contributed by atoms with Crippen LogP contribution in [0.4, 0.5) is 14.5 Å². The summed E-state index contributed by atoms with van der Waals surface area (Å²) < 4.78 is 26.9. The van der Waals surface area contributed by atoms with Crippen molar-refractivity contribution >= 4 is 47.4 Å². The summed E-state index contributed by atoms with van der Waals surface area (Å²) in [6.45, 7) is 8.57. The molecule has 2 unspecified atom stereocenters. The van der Waals surface area contributed by atoms with Crippen LogP contribution >= 0.6 is 35.7 Å². The molecule has 2 N–H and O–H groups in total. The largest absolute Gasteiger partial charge is 0.371 e. The van der Waals surface area contributed by atoms with Crippen molar-refractivity contribution in [1.82, 2.24) is 10.6 Å². The zero-order chi connectivity index (χ0) is 19.3. The molecule has 158 valence electrons. The van der Waals surface area contributed by atoms with Crippen molar-refractivity contribution in [2.75, 3.05) is 43.4 Å². The molecule has 0 amide bonds. The monoisotopic (exact) mass is 524 g/mol. The first-order chi connectivity index (χ1) is 13.0. The van der Waals surface area contributed by atoms with Gasteiger partial charge in [0, 0.05) is 42.7 Å². The van der Waals surface area contributed by atoms with Crippen LogP contribution in [-0.2, 0) is 0 Å². The molecule has 3 rings (SSSR count). The van der Waals surface area contributed by atoms with Crippen LogP contribution in [0.15, 0.2) is 23.2 Å². The van der Waals surface area contributed by atoms with Gasteiger partial charge in [0.05, 0.1) is 6.54 Å². The number of aliphatic imine (C=N–C) groups is 1. The fourth-order valence-corrected chi connectivity index (χ4v) is 4.93. The number of rotatable bonds is 6. The van der Waals surface area contributed by atoms with E-state index < -0.39 is 11.6 Å². The predicted molar refractivity (Wildman–Crippen MR) is 126 cm³/mol. The second kappa shape index (κ2) is 10.8. The summed E-state index contributed by atoms with van der Waals surface area (Å²) in [5.41, 5.74) is 0.753. The van der Waals surface area contributed by atoms with Crippen molar-refractivity contribution in [3.63, 3.8) is 0 Å². The summed E-state index contributed by atoms with van der Waals surface area (Å²) in [7, 11) is 0. The molecule has 0 radical (unpaired) electrons. The maximum atomic E-state index is 13.5. The van der Waals surface area contributed by atoms with Crippen LogP contribution in [0.25, 0.3) is 0 Å². The fourth-order valence-electron chi connectivity index (χ4n) is 3.71. The number of hydrogen-bond donors (Lipinski definition) is 2. The highest BCUT2D eigenvalue weighted by Crippen LogP contribution is 2.37. The standard InChI is InChI=1S/C20H30F2N4S.HI/c1-3-23-19(25-14-20(2)8-4-10-27-20)24-12-15-7-9-26(13-15)16-5-6-17(21)18(22)11-16;/h5-6,11,15H,3-4,7-10,12-14H2,1-2H3,(H2,23,24,25);1H. The van der Waals surface area contributed by atoms with Gasteiger partial charge in [-0.05, 0) is 56.9 Å². The molecule has 0 aromatic heterocycles. The molecule has 0 saturated carbocycles. The minimum atomic E-state index is -0.795. The number of nitrogens with one attached hydrogen (secondary N) is 2. The number of guanidine groups is 1. The molecule has 2 fully saturated rings. The van der Waals surface area contributed by atoms with Crippen LogP contribution in [0, 0.1) is 17.6 Å². The summed E-state index contributed by atoms with van der Waals surface area (Å²) in [6.07, 6.45) is 3.54. The Hall–Kier alpha value is -0.770. The third kappa shape index (κ3) is 6.37. The van der Waals surface area contributed by atoms with Crippen LogP contribution in [-0.4, -0.2) is 49.2 Å². The first kappa shape index (κ1) is 23.5. The van der Waals surface area contributed by atoms with Crippen LogP contribution in [0.5, 0.6) is 0 Å².